The summed E-state index contributed by atoms with van der Waals surface area (Å²) in [5, 5.41) is 24.2. The summed E-state index contributed by atoms with van der Waals surface area (Å²) in [7, 11) is 0. The van der Waals surface area contributed by atoms with Crippen molar-refractivity contribution < 1.29 is 10.3 Å². The van der Waals surface area contributed by atoms with Crippen molar-refractivity contribution in [1.82, 2.24) is 9.97 Å². The highest BCUT2D eigenvalue weighted by atomic mass is 35.5. The van der Waals surface area contributed by atoms with Crippen molar-refractivity contribution in [1.29, 1.82) is 0 Å². The van der Waals surface area contributed by atoms with Gasteiger partial charge < -0.3 is 21.4 Å². The Labute approximate surface area is 115 Å². The molecule has 2 rings (SSSR count). The van der Waals surface area contributed by atoms with Gasteiger partial charge in [0.2, 0.25) is 5.95 Å². The molecule has 5 N–H and O–H groups in total. The molecule has 19 heavy (non-hydrogen) atoms. The minimum absolute atomic E-state index is 0.0363. The number of oxime groups is 1. The second-order valence-corrected chi connectivity index (χ2v) is 5.10. The van der Waals surface area contributed by atoms with Crippen LogP contribution in [0, 0.1) is 5.41 Å². The first-order valence-corrected chi connectivity index (χ1v) is 6.33. The maximum Gasteiger partial charge on any atom is 0.223 e. The van der Waals surface area contributed by atoms with Gasteiger partial charge >= 0.3 is 0 Å². The Morgan fingerprint density at radius 1 is 1.47 bits per heavy atom. The van der Waals surface area contributed by atoms with Crippen LogP contribution >= 0.6 is 11.6 Å². The van der Waals surface area contributed by atoms with Crippen molar-refractivity contribution >= 4 is 29.6 Å². The van der Waals surface area contributed by atoms with E-state index in [2.05, 4.69) is 20.4 Å². The lowest BCUT2D eigenvalue weighted by Gasteiger charge is -2.40. The standard InChI is InChI=1S/C11H16ClN5O2/c12-8-7(4-15-19)9(17-10(13)16-8)14-5-11(6-18)2-1-3-11/h4,18-19H,1-3,5-6H2,(H3,13,14,16,17)/b15-4+. The molecule has 0 saturated heterocycles. The minimum atomic E-state index is -0.111. The lowest BCUT2D eigenvalue weighted by Crippen LogP contribution is -2.40. The smallest absolute Gasteiger partial charge is 0.223 e. The van der Waals surface area contributed by atoms with Gasteiger partial charge in [0.1, 0.15) is 11.0 Å². The average molecular weight is 286 g/mol. The van der Waals surface area contributed by atoms with Crippen molar-refractivity contribution in [2.45, 2.75) is 19.3 Å². The molecule has 1 heterocycles. The number of aliphatic hydroxyl groups is 1. The van der Waals surface area contributed by atoms with Crippen LogP contribution in [0.4, 0.5) is 11.8 Å². The first-order valence-electron chi connectivity index (χ1n) is 5.95. The number of nitrogen functional groups attached to an aromatic ring is 1. The van der Waals surface area contributed by atoms with Crippen LogP contribution in [0.5, 0.6) is 0 Å². The summed E-state index contributed by atoms with van der Waals surface area (Å²) in [6.45, 7) is 0.681. The highest BCUT2D eigenvalue weighted by molar-refractivity contribution is 6.32. The van der Waals surface area contributed by atoms with Crippen LogP contribution in [0.25, 0.3) is 0 Å². The van der Waals surface area contributed by atoms with Gasteiger partial charge in [-0.1, -0.05) is 23.2 Å². The Morgan fingerprint density at radius 3 is 2.74 bits per heavy atom. The Morgan fingerprint density at radius 2 is 2.21 bits per heavy atom. The predicted octanol–water partition coefficient (Wildman–Crippen LogP) is 1.09. The number of aliphatic hydroxyl groups excluding tert-OH is 1. The summed E-state index contributed by atoms with van der Waals surface area (Å²) >= 11 is 5.92. The van der Waals surface area contributed by atoms with Crippen LogP contribution < -0.4 is 11.1 Å². The van der Waals surface area contributed by atoms with Crippen molar-refractivity contribution in [3.63, 3.8) is 0 Å². The Hall–Kier alpha value is -1.60. The second kappa shape index (κ2) is 5.58. The third-order valence-electron chi connectivity index (χ3n) is 3.48. The predicted molar refractivity (Wildman–Crippen MR) is 72.7 cm³/mol. The molecule has 0 atom stereocenters. The summed E-state index contributed by atoms with van der Waals surface area (Å²) in [6, 6.07) is 0. The Kier molecular flexibility index (Phi) is 4.06. The Bertz CT molecular complexity index is 485. The molecule has 0 spiro atoms. The maximum absolute atomic E-state index is 9.41. The lowest BCUT2D eigenvalue weighted by molar-refractivity contribution is 0.0576. The van der Waals surface area contributed by atoms with E-state index in [1.165, 1.54) is 0 Å². The molecule has 8 heteroatoms. The molecule has 0 radical (unpaired) electrons. The average Bonchev–Trinajstić information content (AvgIpc) is 2.32. The zero-order chi connectivity index (χ0) is 13.9. The molecule has 0 amide bonds. The molecule has 0 unspecified atom stereocenters. The summed E-state index contributed by atoms with van der Waals surface area (Å²) in [5.74, 6) is 0.435. The quantitative estimate of drug-likeness (QED) is 0.278. The number of nitrogens with one attached hydrogen (secondary N) is 1. The van der Waals surface area contributed by atoms with E-state index in [9.17, 15) is 5.11 Å². The number of halogens is 1. The van der Waals surface area contributed by atoms with E-state index in [-0.39, 0.29) is 23.1 Å². The topological polar surface area (TPSA) is 117 Å². The molecule has 1 aliphatic rings. The molecule has 7 nitrogen and oxygen atoms in total. The molecule has 1 aromatic rings. The molecule has 1 saturated carbocycles. The monoisotopic (exact) mass is 285 g/mol. The summed E-state index contributed by atoms with van der Waals surface area (Å²) in [4.78, 5) is 7.83. The van der Waals surface area contributed by atoms with Crippen molar-refractivity contribution in [2.24, 2.45) is 10.6 Å². The van der Waals surface area contributed by atoms with Gasteiger partial charge in [0.05, 0.1) is 18.4 Å². The fourth-order valence-corrected chi connectivity index (χ4v) is 2.33. The highest BCUT2D eigenvalue weighted by Gasteiger charge is 2.36. The molecular weight excluding hydrogens is 270 g/mol. The van der Waals surface area contributed by atoms with Crippen molar-refractivity contribution in [3.05, 3.63) is 10.7 Å². The highest BCUT2D eigenvalue weighted by Crippen LogP contribution is 2.40. The van der Waals surface area contributed by atoms with Gasteiger partial charge in [-0.25, -0.2) is 4.98 Å². The van der Waals surface area contributed by atoms with Crippen LogP contribution in [0.2, 0.25) is 5.15 Å². The number of nitrogens with zero attached hydrogens (tertiary/aromatic N) is 3. The van der Waals surface area contributed by atoms with E-state index in [0.717, 1.165) is 25.5 Å². The van der Waals surface area contributed by atoms with Gasteiger partial charge in [-0.3, -0.25) is 0 Å². The molecule has 1 fully saturated rings. The molecule has 0 aliphatic heterocycles. The fourth-order valence-electron chi connectivity index (χ4n) is 2.10. The lowest BCUT2D eigenvalue weighted by atomic mass is 9.69. The van der Waals surface area contributed by atoms with Crippen molar-refractivity contribution in [3.8, 4) is 0 Å². The number of rotatable bonds is 5. The molecule has 1 aliphatic carbocycles. The fraction of sp³-hybridized carbons (Fsp3) is 0.545. The molecule has 104 valence electrons. The minimum Gasteiger partial charge on any atom is -0.411 e. The van der Waals surface area contributed by atoms with Crippen LogP contribution in [-0.2, 0) is 0 Å². The summed E-state index contributed by atoms with van der Waals surface area (Å²) in [6.07, 6.45) is 4.19. The van der Waals surface area contributed by atoms with E-state index in [4.69, 9.17) is 22.5 Å². The van der Waals surface area contributed by atoms with E-state index in [1.54, 1.807) is 0 Å². The zero-order valence-corrected chi connectivity index (χ0v) is 11.1. The summed E-state index contributed by atoms with van der Waals surface area (Å²) in [5.41, 5.74) is 5.79. The first-order chi connectivity index (χ1) is 9.10. The van der Waals surface area contributed by atoms with Gasteiger partial charge in [0.15, 0.2) is 0 Å². The van der Waals surface area contributed by atoms with Gasteiger partial charge in [-0.05, 0) is 12.8 Å². The van der Waals surface area contributed by atoms with Crippen LogP contribution in [-0.4, -0.2) is 39.6 Å². The number of hydrogen-bond donors (Lipinski definition) is 4. The number of aromatic nitrogens is 2. The molecule has 1 aromatic heterocycles. The number of anilines is 2. The van der Waals surface area contributed by atoms with Crippen LogP contribution in [0.3, 0.4) is 0 Å². The third kappa shape index (κ3) is 2.87. The summed E-state index contributed by atoms with van der Waals surface area (Å²) < 4.78 is 0. The first kappa shape index (κ1) is 13.8. The van der Waals surface area contributed by atoms with Gasteiger partial charge in [-0.15, -0.1) is 0 Å². The number of nitrogens with two attached hydrogens (primary N) is 1. The molecule has 0 bridgehead atoms. The third-order valence-corrected chi connectivity index (χ3v) is 3.77. The van der Waals surface area contributed by atoms with Crippen molar-refractivity contribution in [2.75, 3.05) is 24.2 Å². The Balaban J connectivity index is 2.19. The SMILES string of the molecule is Nc1nc(Cl)c(/C=N/O)c(NCC2(CO)CCC2)n1. The van der Waals surface area contributed by atoms with E-state index in [0.29, 0.717) is 17.9 Å². The number of hydrogen-bond acceptors (Lipinski definition) is 7. The second-order valence-electron chi connectivity index (χ2n) is 4.74. The largest absolute Gasteiger partial charge is 0.411 e. The van der Waals surface area contributed by atoms with E-state index < -0.39 is 0 Å². The van der Waals surface area contributed by atoms with Gasteiger partial charge in [0.25, 0.3) is 0 Å². The van der Waals surface area contributed by atoms with Gasteiger partial charge in [-0.2, -0.15) is 4.98 Å². The van der Waals surface area contributed by atoms with E-state index in [1.807, 2.05) is 0 Å². The zero-order valence-electron chi connectivity index (χ0n) is 10.3. The van der Waals surface area contributed by atoms with Crippen LogP contribution in [0.1, 0.15) is 24.8 Å². The maximum atomic E-state index is 9.41. The molecular formula is C11H16ClN5O2. The van der Waals surface area contributed by atoms with Gasteiger partial charge in [0, 0.05) is 12.0 Å². The molecule has 0 aromatic carbocycles. The van der Waals surface area contributed by atoms with E-state index >= 15 is 0 Å². The van der Waals surface area contributed by atoms with Crippen LogP contribution in [0.15, 0.2) is 5.16 Å². The normalized spacial score (nSPS) is 17.4.